The van der Waals surface area contributed by atoms with Crippen LogP contribution in [0.2, 0.25) is 0 Å². The van der Waals surface area contributed by atoms with E-state index in [4.69, 9.17) is 9.84 Å². The fourth-order valence-electron chi connectivity index (χ4n) is 2.72. The molecule has 0 aliphatic carbocycles. The van der Waals surface area contributed by atoms with Crippen molar-refractivity contribution >= 4 is 11.9 Å². The number of hydrogen-bond acceptors (Lipinski definition) is 3. The Hall–Kier alpha value is -2.02. The van der Waals surface area contributed by atoms with E-state index in [0.717, 1.165) is 12.1 Å². The second-order valence-electron chi connectivity index (χ2n) is 5.77. The van der Waals surface area contributed by atoms with Crippen LogP contribution in [0.4, 0.5) is 8.78 Å². The third kappa shape index (κ3) is 3.67. The first-order valence-electron chi connectivity index (χ1n) is 7.41. The molecular weight excluding hydrogens is 308 g/mol. The maximum Gasteiger partial charge on any atom is 0.308 e. The van der Waals surface area contributed by atoms with Crippen molar-refractivity contribution in [3.63, 3.8) is 0 Å². The molecule has 5 nitrogen and oxygen atoms in total. The molecule has 0 spiro atoms. The number of aliphatic carboxylic acids is 1. The van der Waals surface area contributed by atoms with Crippen LogP contribution in [0.15, 0.2) is 18.2 Å². The molecule has 7 heteroatoms. The lowest BCUT2D eigenvalue weighted by Gasteiger charge is -2.36. The molecule has 0 unspecified atom stereocenters. The molecule has 1 aliphatic heterocycles. The van der Waals surface area contributed by atoms with Crippen LogP contribution >= 0.6 is 0 Å². The topological polar surface area (TPSA) is 75.6 Å². The molecule has 1 aromatic carbocycles. The zero-order valence-corrected chi connectivity index (χ0v) is 12.8. The molecule has 1 saturated heterocycles. The predicted molar refractivity (Wildman–Crippen MR) is 77.9 cm³/mol. The average Bonchev–Trinajstić information content (AvgIpc) is 2.52. The normalized spacial score (nSPS) is 18.2. The number of carboxylic acids is 1. The zero-order valence-electron chi connectivity index (χ0n) is 12.8. The van der Waals surface area contributed by atoms with E-state index in [9.17, 15) is 18.4 Å². The first-order valence-corrected chi connectivity index (χ1v) is 7.41. The van der Waals surface area contributed by atoms with Crippen LogP contribution < -0.4 is 5.32 Å². The maximum atomic E-state index is 14.2. The van der Waals surface area contributed by atoms with Crippen molar-refractivity contribution in [3.05, 3.63) is 35.4 Å². The van der Waals surface area contributed by atoms with Crippen LogP contribution in [0.3, 0.4) is 0 Å². The number of amides is 1. The van der Waals surface area contributed by atoms with Crippen LogP contribution in [0.25, 0.3) is 0 Å². The van der Waals surface area contributed by atoms with Gasteiger partial charge in [0, 0.05) is 31.4 Å². The van der Waals surface area contributed by atoms with Gasteiger partial charge >= 0.3 is 5.97 Å². The highest BCUT2D eigenvalue weighted by Crippen LogP contribution is 2.37. The van der Waals surface area contributed by atoms with Gasteiger partial charge in [0.2, 0.25) is 5.91 Å². The Balaban J connectivity index is 2.28. The van der Waals surface area contributed by atoms with Gasteiger partial charge in [0.05, 0.1) is 11.3 Å². The quantitative estimate of drug-likeness (QED) is 0.865. The standard InChI is InChI=1S/C16H19F2NO4/c1-10(14(20)21)9-19-15(22)16(4-6-23-7-5-16)12-3-2-11(17)8-13(12)18/h2-3,8,10H,4-7,9H2,1H3,(H,19,22)(H,20,21)/t10-/m0/s1. The van der Waals surface area contributed by atoms with Gasteiger partial charge in [0.1, 0.15) is 11.6 Å². The molecule has 1 heterocycles. The second-order valence-corrected chi connectivity index (χ2v) is 5.77. The Morgan fingerprint density at radius 3 is 2.57 bits per heavy atom. The smallest absolute Gasteiger partial charge is 0.308 e. The number of rotatable bonds is 5. The highest BCUT2D eigenvalue weighted by Gasteiger charge is 2.43. The SMILES string of the molecule is C[C@@H](CNC(=O)C1(c2ccc(F)cc2F)CCOCC1)C(=O)O. The van der Waals surface area contributed by atoms with Gasteiger partial charge in [-0.3, -0.25) is 9.59 Å². The minimum Gasteiger partial charge on any atom is -0.481 e. The van der Waals surface area contributed by atoms with E-state index < -0.39 is 34.8 Å². The minimum absolute atomic E-state index is 0.0560. The Morgan fingerprint density at radius 1 is 1.35 bits per heavy atom. The summed E-state index contributed by atoms with van der Waals surface area (Å²) in [5.74, 6) is -3.74. The van der Waals surface area contributed by atoms with Crippen LogP contribution in [-0.4, -0.2) is 36.7 Å². The van der Waals surface area contributed by atoms with Crippen molar-refractivity contribution in [1.82, 2.24) is 5.32 Å². The molecule has 1 amide bonds. The molecule has 0 aromatic heterocycles. The molecule has 0 radical (unpaired) electrons. The van der Waals surface area contributed by atoms with E-state index in [0.29, 0.717) is 0 Å². The maximum absolute atomic E-state index is 14.2. The van der Waals surface area contributed by atoms with Crippen LogP contribution in [-0.2, 0) is 19.7 Å². The number of ether oxygens (including phenoxy) is 1. The number of hydrogen-bond donors (Lipinski definition) is 2. The van der Waals surface area contributed by atoms with E-state index >= 15 is 0 Å². The van der Waals surface area contributed by atoms with Crippen LogP contribution in [0.1, 0.15) is 25.3 Å². The van der Waals surface area contributed by atoms with E-state index in [-0.39, 0.29) is 38.2 Å². The third-order valence-corrected chi connectivity index (χ3v) is 4.22. The summed E-state index contributed by atoms with van der Waals surface area (Å²) < 4.78 is 32.6. The van der Waals surface area contributed by atoms with Crippen molar-refractivity contribution in [1.29, 1.82) is 0 Å². The van der Waals surface area contributed by atoms with Gasteiger partial charge in [-0.15, -0.1) is 0 Å². The number of halogens is 2. The summed E-state index contributed by atoms with van der Waals surface area (Å²) >= 11 is 0. The molecule has 2 N–H and O–H groups in total. The first-order chi connectivity index (χ1) is 10.9. The van der Waals surface area contributed by atoms with Gasteiger partial charge in [-0.05, 0) is 18.9 Å². The van der Waals surface area contributed by atoms with Crippen molar-refractivity contribution in [3.8, 4) is 0 Å². The van der Waals surface area contributed by atoms with E-state index in [1.165, 1.54) is 13.0 Å². The van der Waals surface area contributed by atoms with E-state index in [2.05, 4.69) is 5.32 Å². The molecule has 1 aromatic rings. The zero-order chi connectivity index (χ0) is 17.0. The summed E-state index contributed by atoms with van der Waals surface area (Å²) in [7, 11) is 0. The number of carbonyl (C=O) groups excluding carboxylic acids is 1. The van der Waals surface area contributed by atoms with Crippen LogP contribution in [0.5, 0.6) is 0 Å². The lowest BCUT2D eigenvalue weighted by Crippen LogP contribution is -2.49. The first kappa shape index (κ1) is 17.3. The van der Waals surface area contributed by atoms with Gasteiger partial charge in [-0.2, -0.15) is 0 Å². The number of carboxylic acid groups (broad SMARTS) is 1. The lowest BCUT2D eigenvalue weighted by atomic mass is 9.73. The summed E-state index contributed by atoms with van der Waals surface area (Å²) in [5, 5.41) is 11.5. The highest BCUT2D eigenvalue weighted by molar-refractivity contribution is 5.88. The van der Waals surface area contributed by atoms with Gasteiger partial charge in [0.15, 0.2) is 0 Å². The largest absolute Gasteiger partial charge is 0.481 e. The molecule has 2 rings (SSSR count). The Kier molecular flexibility index (Phi) is 5.30. The molecule has 23 heavy (non-hydrogen) atoms. The minimum atomic E-state index is -1.17. The molecule has 1 aliphatic rings. The molecule has 1 atom stereocenters. The van der Waals surface area contributed by atoms with E-state index in [1.54, 1.807) is 0 Å². The van der Waals surface area contributed by atoms with Gasteiger partial charge < -0.3 is 15.2 Å². The second kappa shape index (κ2) is 7.04. The van der Waals surface area contributed by atoms with Gasteiger partial charge in [-0.25, -0.2) is 8.78 Å². The summed E-state index contributed by atoms with van der Waals surface area (Å²) in [5.41, 5.74) is -1.06. The Bertz CT molecular complexity index is 600. The molecule has 1 fully saturated rings. The van der Waals surface area contributed by atoms with Crippen molar-refractivity contribution in [2.45, 2.75) is 25.2 Å². The fourth-order valence-corrected chi connectivity index (χ4v) is 2.72. The summed E-state index contributed by atoms with van der Waals surface area (Å²) in [6, 6.07) is 3.14. The summed E-state index contributed by atoms with van der Waals surface area (Å²) in [4.78, 5) is 23.5. The van der Waals surface area contributed by atoms with Crippen molar-refractivity contribution in [2.75, 3.05) is 19.8 Å². The monoisotopic (exact) mass is 327 g/mol. The van der Waals surface area contributed by atoms with E-state index in [1.807, 2.05) is 0 Å². The predicted octanol–water partition coefficient (Wildman–Crippen LogP) is 1.85. The average molecular weight is 327 g/mol. The molecular formula is C16H19F2NO4. The third-order valence-electron chi connectivity index (χ3n) is 4.22. The van der Waals surface area contributed by atoms with Crippen LogP contribution in [0, 0.1) is 17.6 Å². The van der Waals surface area contributed by atoms with Crippen molar-refractivity contribution in [2.24, 2.45) is 5.92 Å². The van der Waals surface area contributed by atoms with Crippen molar-refractivity contribution < 1.29 is 28.2 Å². The molecule has 0 bridgehead atoms. The van der Waals surface area contributed by atoms with Gasteiger partial charge in [0.25, 0.3) is 0 Å². The highest BCUT2D eigenvalue weighted by atomic mass is 19.1. The Labute approximate surface area is 132 Å². The van der Waals surface area contributed by atoms with Gasteiger partial charge in [-0.1, -0.05) is 13.0 Å². The summed E-state index contributed by atoms with van der Waals surface area (Å²) in [6.45, 7) is 1.97. The fraction of sp³-hybridized carbons (Fsp3) is 0.500. The number of benzene rings is 1. The number of nitrogens with one attached hydrogen (secondary N) is 1. The summed E-state index contributed by atoms with van der Waals surface area (Å²) in [6.07, 6.45) is 0.506. The molecule has 0 saturated carbocycles. The molecule has 126 valence electrons. The number of carbonyl (C=O) groups is 2. The Morgan fingerprint density at radius 2 is 2.00 bits per heavy atom. The lowest BCUT2D eigenvalue weighted by molar-refractivity contribution is -0.141.